The Kier molecular flexibility index (Phi) is 7.35. The highest BCUT2D eigenvalue weighted by atomic mass is 16.6. The maximum absolute atomic E-state index is 11.9. The zero-order valence-electron chi connectivity index (χ0n) is 23.2. The van der Waals surface area contributed by atoms with Gasteiger partial charge in [0, 0.05) is 12.1 Å². The molecule has 1 heterocycles. The second-order valence-electron chi connectivity index (χ2n) is 12.0. The fraction of sp³-hybridized carbons (Fsp3) is 0.387. The maximum atomic E-state index is 11.9. The van der Waals surface area contributed by atoms with E-state index in [4.69, 9.17) is 4.74 Å². The summed E-state index contributed by atoms with van der Waals surface area (Å²) in [5.74, 6) is -0.366. The molecule has 0 bridgehead atoms. The van der Waals surface area contributed by atoms with E-state index in [-0.39, 0.29) is 39.5 Å². The standard InChI is InChI=1S/C31H37N3O4/c1-30(2,3)23-16-22(17-24(18-23)31(4,5)6)28-19-27(20-8-10-21(11-9-20)29(35)38-7)32-33(28)25-12-14-26(15-13-25)34(36)37/h8-18,27-28,32H,19H2,1-7H3. The average molecular weight is 516 g/mol. The van der Waals surface area contributed by atoms with E-state index in [1.807, 2.05) is 12.1 Å². The second-order valence-corrected chi connectivity index (χ2v) is 12.0. The summed E-state index contributed by atoms with van der Waals surface area (Å²) in [6.07, 6.45) is 0.783. The number of benzene rings is 3. The van der Waals surface area contributed by atoms with Crippen molar-refractivity contribution >= 4 is 17.3 Å². The maximum Gasteiger partial charge on any atom is 0.337 e. The van der Waals surface area contributed by atoms with Gasteiger partial charge in [-0.15, -0.1) is 0 Å². The van der Waals surface area contributed by atoms with Gasteiger partial charge in [-0.05, 0) is 63.8 Å². The molecule has 7 nitrogen and oxygen atoms in total. The molecule has 7 heteroatoms. The van der Waals surface area contributed by atoms with Gasteiger partial charge in [-0.1, -0.05) is 71.9 Å². The van der Waals surface area contributed by atoms with E-state index in [0.29, 0.717) is 5.56 Å². The molecule has 1 N–H and O–H groups in total. The highest BCUT2D eigenvalue weighted by Gasteiger charge is 2.35. The molecule has 0 spiro atoms. The molecule has 0 aliphatic carbocycles. The molecule has 2 atom stereocenters. The fourth-order valence-electron chi connectivity index (χ4n) is 4.80. The Balaban J connectivity index is 1.79. The van der Waals surface area contributed by atoms with Gasteiger partial charge >= 0.3 is 5.97 Å². The minimum absolute atomic E-state index is 0.00913. The number of nitrogens with zero attached hydrogens (tertiary/aromatic N) is 2. The lowest BCUT2D eigenvalue weighted by atomic mass is 9.78. The topological polar surface area (TPSA) is 84.7 Å². The molecule has 38 heavy (non-hydrogen) atoms. The minimum Gasteiger partial charge on any atom is -0.465 e. The van der Waals surface area contributed by atoms with Crippen molar-refractivity contribution in [2.24, 2.45) is 0 Å². The van der Waals surface area contributed by atoms with E-state index >= 15 is 0 Å². The number of anilines is 1. The Hall–Kier alpha value is -3.71. The smallest absolute Gasteiger partial charge is 0.337 e. The van der Waals surface area contributed by atoms with Gasteiger partial charge in [-0.2, -0.15) is 0 Å². The van der Waals surface area contributed by atoms with Gasteiger partial charge in [0.05, 0.1) is 35.4 Å². The number of hydrazine groups is 1. The zero-order valence-corrected chi connectivity index (χ0v) is 23.2. The van der Waals surface area contributed by atoms with Crippen LogP contribution in [0.4, 0.5) is 11.4 Å². The summed E-state index contributed by atoms with van der Waals surface area (Å²) >= 11 is 0. The van der Waals surface area contributed by atoms with Crippen molar-refractivity contribution in [3.05, 3.63) is 105 Å². The second kappa shape index (κ2) is 10.2. The number of carbonyl (C=O) groups is 1. The molecule has 2 unspecified atom stereocenters. The zero-order chi connectivity index (χ0) is 27.8. The molecule has 1 fully saturated rings. The highest BCUT2D eigenvalue weighted by Crippen LogP contribution is 2.42. The van der Waals surface area contributed by atoms with Crippen LogP contribution in [0.25, 0.3) is 0 Å². The number of nitrogens with one attached hydrogen (secondary N) is 1. The van der Waals surface area contributed by atoms with Gasteiger partial charge in [-0.3, -0.25) is 10.1 Å². The SMILES string of the molecule is COC(=O)c1ccc(C2CC(c3cc(C(C)(C)C)cc(C(C)(C)C)c3)N(c3ccc([N+](=O)[O-])cc3)N2)cc1. The third-order valence-electron chi connectivity index (χ3n) is 7.21. The van der Waals surface area contributed by atoms with Crippen LogP contribution in [0.15, 0.2) is 66.7 Å². The third kappa shape index (κ3) is 5.73. The van der Waals surface area contributed by atoms with Crippen molar-refractivity contribution in [1.29, 1.82) is 0 Å². The molecule has 0 saturated carbocycles. The van der Waals surface area contributed by atoms with Crippen LogP contribution < -0.4 is 10.4 Å². The van der Waals surface area contributed by atoms with E-state index < -0.39 is 0 Å². The average Bonchev–Trinajstić information content (AvgIpc) is 3.32. The van der Waals surface area contributed by atoms with E-state index in [9.17, 15) is 14.9 Å². The number of hydrogen-bond acceptors (Lipinski definition) is 6. The quantitative estimate of drug-likeness (QED) is 0.220. The number of hydrogen-bond donors (Lipinski definition) is 1. The van der Waals surface area contributed by atoms with Gasteiger partial charge in [0.25, 0.3) is 5.69 Å². The molecule has 1 aliphatic rings. The van der Waals surface area contributed by atoms with Crippen LogP contribution in [0.1, 0.15) is 92.7 Å². The van der Waals surface area contributed by atoms with Crippen molar-refractivity contribution in [2.75, 3.05) is 12.1 Å². The van der Waals surface area contributed by atoms with E-state index in [1.165, 1.54) is 23.8 Å². The van der Waals surface area contributed by atoms with Crippen molar-refractivity contribution in [2.45, 2.75) is 70.9 Å². The molecular weight excluding hydrogens is 478 g/mol. The predicted molar refractivity (Wildman–Crippen MR) is 150 cm³/mol. The number of methoxy groups -OCH3 is 1. The fourth-order valence-corrected chi connectivity index (χ4v) is 4.80. The van der Waals surface area contributed by atoms with Crippen molar-refractivity contribution < 1.29 is 14.5 Å². The first-order chi connectivity index (χ1) is 17.8. The molecular formula is C31H37N3O4. The number of nitro groups is 1. The lowest BCUT2D eigenvalue weighted by molar-refractivity contribution is -0.384. The third-order valence-corrected chi connectivity index (χ3v) is 7.21. The lowest BCUT2D eigenvalue weighted by Crippen LogP contribution is -2.34. The van der Waals surface area contributed by atoms with Crippen LogP contribution in [0.3, 0.4) is 0 Å². The number of nitro benzene ring substituents is 1. The molecule has 1 aliphatic heterocycles. The Bertz CT molecular complexity index is 1290. The van der Waals surface area contributed by atoms with Crippen LogP contribution >= 0.6 is 0 Å². The normalized spacial score (nSPS) is 17.9. The predicted octanol–water partition coefficient (Wildman–Crippen LogP) is 7.17. The summed E-state index contributed by atoms with van der Waals surface area (Å²) in [6, 6.07) is 21.0. The van der Waals surface area contributed by atoms with E-state index in [2.05, 4.69) is 70.2 Å². The summed E-state index contributed by atoms with van der Waals surface area (Å²) in [6.45, 7) is 13.4. The molecule has 3 aromatic rings. The Labute approximate surface area is 224 Å². The van der Waals surface area contributed by atoms with E-state index in [1.54, 1.807) is 36.4 Å². The molecule has 3 aromatic carbocycles. The van der Waals surface area contributed by atoms with Gasteiger partial charge in [-0.25, -0.2) is 10.2 Å². The number of esters is 1. The van der Waals surface area contributed by atoms with Crippen LogP contribution in [0.2, 0.25) is 0 Å². The van der Waals surface area contributed by atoms with Crippen LogP contribution in [-0.2, 0) is 15.6 Å². The first kappa shape index (κ1) is 27.3. The summed E-state index contributed by atoms with van der Waals surface area (Å²) in [5, 5.41) is 13.4. The van der Waals surface area contributed by atoms with Crippen LogP contribution in [0, 0.1) is 10.1 Å². The van der Waals surface area contributed by atoms with E-state index in [0.717, 1.165) is 17.7 Å². The highest BCUT2D eigenvalue weighted by molar-refractivity contribution is 5.89. The van der Waals surface area contributed by atoms with Gasteiger partial charge < -0.3 is 9.75 Å². The number of non-ortho nitro benzene ring substituents is 1. The summed E-state index contributed by atoms with van der Waals surface area (Å²) in [5.41, 5.74) is 9.81. The summed E-state index contributed by atoms with van der Waals surface area (Å²) in [4.78, 5) is 22.8. The molecule has 0 amide bonds. The number of ether oxygens (including phenoxy) is 1. The first-order valence-corrected chi connectivity index (χ1v) is 12.9. The van der Waals surface area contributed by atoms with Crippen LogP contribution in [-0.4, -0.2) is 18.0 Å². The molecule has 0 aromatic heterocycles. The first-order valence-electron chi connectivity index (χ1n) is 12.9. The summed E-state index contributed by atoms with van der Waals surface area (Å²) in [7, 11) is 1.37. The molecule has 1 saturated heterocycles. The van der Waals surface area contributed by atoms with Crippen LogP contribution in [0.5, 0.6) is 0 Å². The lowest BCUT2D eigenvalue weighted by Gasteiger charge is -2.31. The Morgan fingerprint density at radius 1 is 0.895 bits per heavy atom. The molecule has 200 valence electrons. The van der Waals surface area contributed by atoms with Gasteiger partial charge in [0.1, 0.15) is 0 Å². The monoisotopic (exact) mass is 515 g/mol. The number of carbonyl (C=O) groups excluding carboxylic acids is 1. The Morgan fingerprint density at radius 3 is 1.92 bits per heavy atom. The van der Waals surface area contributed by atoms with Gasteiger partial charge in [0.2, 0.25) is 0 Å². The van der Waals surface area contributed by atoms with Crippen molar-refractivity contribution in [1.82, 2.24) is 5.43 Å². The minimum atomic E-state index is -0.382. The van der Waals surface area contributed by atoms with Crippen molar-refractivity contribution in [3.8, 4) is 0 Å². The Morgan fingerprint density at radius 2 is 1.45 bits per heavy atom. The molecule has 0 radical (unpaired) electrons. The molecule has 4 rings (SSSR count). The number of rotatable bonds is 5. The largest absolute Gasteiger partial charge is 0.465 e. The van der Waals surface area contributed by atoms with Crippen molar-refractivity contribution in [3.63, 3.8) is 0 Å². The van der Waals surface area contributed by atoms with Gasteiger partial charge in [0.15, 0.2) is 0 Å². The summed E-state index contributed by atoms with van der Waals surface area (Å²) < 4.78 is 4.84.